The summed E-state index contributed by atoms with van der Waals surface area (Å²) < 4.78 is 5.80. The van der Waals surface area contributed by atoms with E-state index in [1.54, 1.807) is 5.56 Å². The molecular weight excluding hydrogens is 377 g/mol. The van der Waals surface area contributed by atoms with E-state index in [1.165, 1.54) is 10.8 Å². The van der Waals surface area contributed by atoms with E-state index >= 15 is 0 Å². The second kappa shape index (κ2) is 4.62. The Bertz CT molecular complexity index is 454. The van der Waals surface area contributed by atoms with Crippen molar-refractivity contribution in [2.24, 2.45) is 0 Å². The zero-order valence-corrected chi connectivity index (χ0v) is 13.0. The maximum atomic E-state index is 2.49. The van der Waals surface area contributed by atoms with Gasteiger partial charge in [0.15, 0.2) is 0 Å². The average Bonchev–Trinajstić information content (AvgIpc) is 2.27. The standard InChI is InChI=1S/C12H11.2CH3.Bi/c1-2-10-7-5-8-11-6-3-4-9-12(10)11;;;/h2-9H,1H3;2*1H3;. The summed E-state index contributed by atoms with van der Waals surface area (Å²) >= 11 is -1.20. The molecule has 0 bridgehead atoms. The predicted octanol–water partition coefficient (Wildman–Crippen LogP) is 4.24. The number of hydrogen-bond donors (Lipinski definition) is 0. The van der Waals surface area contributed by atoms with Crippen molar-refractivity contribution >= 4 is 32.5 Å². The van der Waals surface area contributed by atoms with Crippen molar-refractivity contribution in [2.45, 2.75) is 19.8 Å². The normalized spacial score (nSPS) is 13.3. The van der Waals surface area contributed by atoms with Crippen molar-refractivity contribution < 1.29 is 0 Å². The van der Waals surface area contributed by atoms with E-state index in [-0.39, 0.29) is 0 Å². The monoisotopic (exact) mass is 394 g/mol. The van der Waals surface area contributed by atoms with Gasteiger partial charge in [0.25, 0.3) is 0 Å². The Kier molecular flexibility index (Phi) is 3.41. The SMILES string of the molecule is C[CH](c1cccc2ccccc12)[Bi]([CH3])[CH3]. The minimum atomic E-state index is -1.20. The van der Waals surface area contributed by atoms with Gasteiger partial charge in [0.1, 0.15) is 0 Å². The third-order valence-electron chi connectivity index (χ3n) is 3.05. The molecule has 1 unspecified atom stereocenters. The molecule has 0 radical (unpaired) electrons. The van der Waals surface area contributed by atoms with Gasteiger partial charge in [-0.3, -0.25) is 0 Å². The van der Waals surface area contributed by atoms with E-state index in [0.29, 0.717) is 0 Å². The summed E-state index contributed by atoms with van der Waals surface area (Å²) in [6.45, 7) is 2.40. The summed E-state index contributed by atoms with van der Waals surface area (Å²) in [7, 11) is 0. The van der Waals surface area contributed by atoms with E-state index in [2.05, 4.69) is 58.7 Å². The Morgan fingerprint density at radius 3 is 2.33 bits per heavy atom. The third-order valence-corrected chi connectivity index (χ3v) is 10.2. The summed E-state index contributed by atoms with van der Waals surface area (Å²) in [5.41, 5.74) is 1.57. The molecule has 0 amide bonds. The van der Waals surface area contributed by atoms with Gasteiger partial charge in [-0.2, -0.15) is 0 Å². The molecule has 0 fully saturated rings. The molecule has 0 aromatic heterocycles. The summed E-state index contributed by atoms with van der Waals surface area (Å²) in [5.74, 6) is 0. The van der Waals surface area contributed by atoms with E-state index < -0.39 is 21.8 Å². The Morgan fingerprint density at radius 2 is 1.60 bits per heavy atom. The summed E-state index contributed by atoms with van der Waals surface area (Å²) in [4.78, 5) is 0. The molecule has 2 aromatic carbocycles. The van der Waals surface area contributed by atoms with Gasteiger partial charge in [-0.1, -0.05) is 0 Å². The Labute approximate surface area is 100.0 Å². The minimum absolute atomic E-state index is 0.825. The number of fused-ring (bicyclic) bond motifs is 1. The zero-order chi connectivity index (χ0) is 10.8. The van der Waals surface area contributed by atoms with Crippen LogP contribution in [-0.4, -0.2) is 21.8 Å². The number of benzene rings is 2. The first-order valence-electron chi connectivity index (χ1n) is 5.34. The van der Waals surface area contributed by atoms with E-state index in [9.17, 15) is 0 Å². The molecule has 0 aliphatic carbocycles. The second-order valence-electron chi connectivity index (χ2n) is 4.21. The Morgan fingerprint density at radius 1 is 0.933 bits per heavy atom. The van der Waals surface area contributed by atoms with Crippen LogP contribution in [0.2, 0.25) is 9.26 Å². The van der Waals surface area contributed by atoms with Gasteiger partial charge in [0.05, 0.1) is 0 Å². The third kappa shape index (κ3) is 2.23. The molecule has 2 rings (SSSR count). The van der Waals surface area contributed by atoms with E-state index in [1.807, 2.05) is 0 Å². The molecule has 0 saturated heterocycles. The summed E-state index contributed by atoms with van der Waals surface area (Å²) in [6.07, 6.45) is 0. The first-order chi connectivity index (χ1) is 7.20. The van der Waals surface area contributed by atoms with Crippen molar-refractivity contribution in [3.8, 4) is 0 Å². The van der Waals surface area contributed by atoms with Crippen LogP contribution in [0.3, 0.4) is 0 Å². The fourth-order valence-corrected chi connectivity index (χ4v) is 4.93. The van der Waals surface area contributed by atoms with Gasteiger partial charge in [-0.15, -0.1) is 0 Å². The van der Waals surface area contributed by atoms with Crippen LogP contribution >= 0.6 is 0 Å². The van der Waals surface area contributed by atoms with Crippen LogP contribution in [0.15, 0.2) is 42.5 Å². The topological polar surface area (TPSA) is 0 Å². The van der Waals surface area contributed by atoms with Crippen molar-refractivity contribution in [2.75, 3.05) is 0 Å². The van der Waals surface area contributed by atoms with Crippen LogP contribution in [0.5, 0.6) is 0 Å². The van der Waals surface area contributed by atoms with Gasteiger partial charge in [-0.25, -0.2) is 0 Å². The van der Waals surface area contributed by atoms with Crippen LogP contribution in [0.25, 0.3) is 10.8 Å². The van der Waals surface area contributed by atoms with Gasteiger partial charge in [0.2, 0.25) is 0 Å². The summed E-state index contributed by atoms with van der Waals surface area (Å²) in [6, 6.07) is 15.4. The molecule has 78 valence electrons. The molecule has 0 aliphatic rings. The molecule has 0 nitrogen and oxygen atoms in total. The first kappa shape index (κ1) is 11.1. The van der Waals surface area contributed by atoms with E-state index in [0.717, 1.165) is 3.63 Å². The first-order valence-corrected chi connectivity index (χ1v) is 14.3. The van der Waals surface area contributed by atoms with Gasteiger partial charge >= 0.3 is 100 Å². The van der Waals surface area contributed by atoms with Crippen molar-refractivity contribution in [1.29, 1.82) is 0 Å². The fourth-order valence-electron chi connectivity index (χ4n) is 1.89. The van der Waals surface area contributed by atoms with Gasteiger partial charge in [-0.05, 0) is 0 Å². The average molecular weight is 394 g/mol. The Hall–Kier alpha value is -0.417. The molecule has 0 saturated carbocycles. The molecule has 15 heavy (non-hydrogen) atoms. The van der Waals surface area contributed by atoms with Crippen molar-refractivity contribution in [1.82, 2.24) is 0 Å². The van der Waals surface area contributed by atoms with Crippen molar-refractivity contribution in [3.05, 3.63) is 48.0 Å². The molecular formula is C14H17Bi. The predicted molar refractivity (Wildman–Crippen MR) is 69.8 cm³/mol. The molecule has 2 aromatic rings. The fraction of sp³-hybridized carbons (Fsp3) is 0.286. The second-order valence-corrected chi connectivity index (χ2v) is 14.7. The number of rotatable bonds is 2. The molecule has 1 heteroatoms. The summed E-state index contributed by atoms with van der Waals surface area (Å²) in [5, 5.41) is 2.84. The molecule has 0 aliphatic heterocycles. The molecule has 0 N–H and O–H groups in total. The van der Waals surface area contributed by atoms with Crippen molar-refractivity contribution in [3.63, 3.8) is 0 Å². The van der Waals surface area contributed by atoms with Crippen LogP contribution in [0.1, 0.15) is 16.1 Å². The van der Waals surface area contributed by atoms with Gasteiger partial charge < -0.3 is 0 Å². The van der Waals surface area contributed by atoms with Crippen LogP contribution < -0.4 is 0 Å². The molecule has 0 heterocycles. The van der Waals surface area contributed by atoms with Crippen LogP contribution in [-0.2, 0) is 0 Å². The Balaban J connectivity index is 2.60. The van der Waals surface area contributed by atoms with Crippen LogP contribution in [0.4, 0.5) is 0 Å². The molecule has 1 atom stereocenters. The number of hydrogen-bond acceptors (Lipinski definition) is 0. The van der Waals surface area contributed by atoms with E-state index in [4.69, 9.17) is 0 Å². The quantitative estimate of drug-likeness (QED) is 0.669. The molecule has 0 spiro atoms. The maximum absolute atomic E-state index is 2.49. The van der Waals surface area contributed by atoms with Gasteiger partial charge in [0, 0.05) is 0 Å². The van der Waals surface area contributed by atoms with Crippen LogP contribution in [0, 0.1) is 0 Å². The zero-order valence-electron chi connectivity index (χ0n) is 9.57.